The van der Waals surface area contributed by atoms with Gasteiger partial charge in [0.15, 0.2) is 5.72 Å². The quantitative estimate of drug-likeness (QED) is 0.509. The van der Waals surface area contributed by atoms with Gasteiger partial charge in [-0.05, 0) is 26.7 Å². The Morgan fingerprint density at radius 2 is 2.25 bits per heavy atom. The zero-order chi connectivity index (χ0) is 8.77. The molecule has 0 bridgehead atoms. The Kier molecular flexibility index (Phi) is 1.65. The first kappa shape index (κ1) is 8.05. The van der Waals surface area contributed by atoms with Crippen LogP contribution in [0.5, 0.6) is 0 Å². The van der Waals surface area contributed by atoms with Crippen molar-refractivity contribution in [3.05, 3.63) is 0 Å². The van der Waals surface area contributed by atoms with E-state index in [1.807, 2.05) is 13.8 Å². The molecule has 0 spiro atoms. The maximum Gasteiger partial charge on any atom is 0.325 e. The first-order valence-corrected chi connectivity index (χ1v) is 4.61. The third-order valence-corrected chi connectivity index (χ3v) is 2.82. The molecule has 2 rings (SSSR count). The van der Waals surface area contributed by atoms with Gasteiger partial charge in [-0.1, -0.05) is 6.42 Å². The summed E-state index contributed by atoms with van der Waals surface area (Å²) in [6.07, 6.45) is 3.32. The highest BCUT2D eigenvalue weighted by molar-refractivity contribution is 5.78. The summed E-state index contributed by atoms with van der Waals surface area (Å²) in [5.41, 5.74) is -0.359. The zero-order valence-electron chi connectivity index (χ0n) is 7.67. The van der Waals surface area contributed by atoms with Crippen molar-refractivity contribution in [1.29, 1.82) is 0 Å². The van der Waals surface area contributed by atoms with Crippen LogP contribution in [0.25, 0.3) is 0 Å². The van der Waals surface area contributed by atoms with E-state index in [1.165, 1.54) is 6.42 Å². The smallest absolute Gasteiger partial charge is 0.325 e. The Hall–Kier alpha value is -0.570. The first-order chi connectivity index (χ1) is 5.61. The molecule has 2 aliphatic heterocycles. The van der Waals surface area contributed by atoms with E-state index >= 15 is 0 Å². The summed E-state index contributed by atoms with van der Waals surface area (Å²) in [6.45, 7) is 4.94. The number of cyclic esters (lactones) is 1. The van der Waals surface area contributed by atoms with Crippen molar-refractivity contribution < 1.29 is 9.53 Å². The fraction of sp³-hybridized carbons (Fsp3) is 0.889. The molecule has 2 fully saturated rings. The standard InChI is InChI=1S/C9H15NO2/c1-9(2)10-6-4-3-5-7(10)8(11)12-9/h7H,3-6H2,1-2H3/t7-/m1/s1. The van der Waals surface area contributed by atoms with Crippen molar-refractivity contribution in [2.45, 2.75) is 44.9 Å². The van der Waals surface area contributed by atoms with E-state index in [2.05, 4.69) is 4.90 Å². The summed E-state index contributed by atoms with van der Waals surface area (Å²) in [5, 5.41) is 0. The topological polar surface area (TPSA) is 29.5 Å². The van der Waals surface area contributed by atoms with Crippen LogP contribution in [0.2, 0.25) is 0 Å². The molecule has 0 saturated carbocycles. The van der Waals surface area contributed by atoms with Gasteiger partial charge in [-0.3, -0.25) is 9.69 Å². The van der Waals surface area contributed by atoms with E-state index in [9.17, 15) is 4.79 Å². The molecule has 3 nitrogen and oxygen atoms in total. The lowest BCUT2D eigenvalue weighted by Gasteiger charge is -2.34. The van der Waals surface area contributed by atoms with Gasteiger partial charge in [0.25, 0.3) is 0 Å². The molecule has 0 unspecified atom stereocenters. The van der Waals surface area contributed by atoms with E-state index in [1.54, 1.807) is 0 Å². The fourth-order valence-electron chi connectivity index (χ4n) is 2.19. The van der Waals surface area contributed by atoms with Crippen LogP contribution in [0.15, 0.2) is 0 Å². The number of fused-ring (bicyclic) bond motifs is 1. The van der Waals surface area contributed by atoms with Crippen LogP contribution >= 0.6 is 0 Å². The van der Waals surface area contributed by atoms with Crippen molar-refractivity contribution >= 4 is 5.97 Å². The average molecular weight is 169 g/mol. The Balaban J connectivity index is 2.22. The van der Waals surface area contributed by atoms with Gasteiger partial charge in [-0.25, -0.2) is 0 Å². The lowest BCUT2D eigenvalue weighted by atomic mass is 10.0. The fourth-order valence-corrected chi connectivity index (χ4v) is 2.19. The van der Waals surface area contributed by atoms with Crippen molar-refractivity contribution in [1.82, 2.24) is 4.90 Å². The number of carbonyl (C=O) groups excluding carboxylic acids is 1. The SMILES string of the molecule is CC1(C)OC(=O)[C@H]2CCCCN21. The van der Waals surface area contributed by atoms with E-state index in [-0.39, 0.29) is 17.7 Å². The van der Waals surface area contributed by atoms with Gasteiger partial charge in [0.05, 0.1) is 0 Å². The largest absolute Gasteiger partial charge is 0.443 e. The number of nitrogens with zero attached hydrogens (tertiary/aromatic N) is 1. The number of ether oxygens (including phenoxy) is 1. The van der Waals surface area contributed by atoms with Crippen LogP contribution in [0.3, 0.4) is 0 Å². The van der Waals surface area contributed by atoms with Crippen LogP contribution in [-0.2, 0) is 9.53 Å². The third kappa shape index (κ3) is 1.04. The Morgan fingerprint density at radius 1 is 1.50 bits per heavy atom. The van der Waals surface area contributed by atoms with Crippen LogP contribution < -0.4 is 0 Å². The molecule has 2 heterocycles. The predicted octanol–water partition coefficient (Wildman–Crippen LogP) is 1.13. The molecule has 2 aliphatic rings. The second-order valence-corrected chi connectivity index (χ2v) is 4.07. The summed E-state index contributed by atoms with van der Waals surface area (Å²) in [6, 6.07) is 0.0498. The summed E-state index contributed by atoms with van der Waals surface area (Å²) >= 11 is 0. The summed E-state index contributed by atoms with van der Waals surface area (Å²) in [4.78, 5) is 13.5. The van der Waals surface area contributed by atoms with Gasteiger partial charge < -0.3 is 4.74 Å². The molecular weight excluding hydrogens is 154 g/mol. The van der Waals surface area contributed by atoms with E-state index in [4.69, 9.17) is 4.74 Å². The minimum absolute atomic E-state index is 0.0281. The maximum absolute atomic E-state index is 11.4. The summed E-state index contributed by atoms with van der Waals surface area (Å²) in [5.74, 6) is -0.0281. The Morgan fingerprint density at radius 3 is 2.92 bits per heavy atom. The molecule has 0 aliphatic carbocycles. The highest BCUT2D eigenvalue weighted by atomic mass is 16.6. The van der Waals surface area contributed by atoms with Crippen molar-refractivity contribution in [2.75, 3.05) is 6.54 Å². The second-order valence-electron chi connectivity index (χ2n) is 4.07. The van der Waals surface area contributed by atoms with Gasteiger partial charge in [0.2, 0.25) is 0 Å². The van der Waals surface area contributed by atoms with Gasteiger partial charge in [0, 0.05) is 6.54 Å². The number of rotatable bonds is 0. The number of hydrogen-bond donors (Lipinski definition) is 0. The van der Waals surface area contributed by atoms with Crippen LogP contribution in [-0.4, -0.2) is 29.2 Å². The highest BCUT2D eigenvalue weighted by Crippen LogP contribution is 2.33. The van der Waals surface area contributed by atoms with Gasteiger partial charge in [0.1, 0.15) is 6.04 Å². The molecule has 0 aromatic rings. The Labute approximate surface area is 72.7 Å². The molecule has 2 saturated heterocycles. The molecule has 68 valence electrons. The molecule has 3 heteroatoms. The lowest BCUT2D eigenvalue weighted by molar-refractivity contribution is -0.149. The summed E-state index contributed by atoms with van der Waals surface area (Å²) < 4.78 is 5.28. The van der Waals surface area contributed by atoms with Gasteiger partial charge in [-0.2, -0.15) is 0 Å². The van der Waals surface area contributed by atoms with Crippen LogP contribution in [0, 0.1) is 0 Å². The monoisotopic (exact) mass is 169 g/mol. The minimum atomic E-state index is -0.359. The number of carbonyl (C=O) groups is 1. The van der Waals surface area contributed by atoms with E-state index in [0.29, 0.717) is 0 Å². The molecule has 0 aromatic heterocycles. The van der Waals surface area contributed by atoms with Gasteiger partial charge >= 0.3 is 5.97 Å². The molecule has 0 aromatic carbocycles. The van der Waals surface area contributed by atoms with Crippen molar-refractivity contribution in [2.24, 2.45) is 0 Å². The normalized spacial score (nSPS) is 34.5. The first-order valence-electron chi connectivity index (χ1n) is 4.61. The van der Waals surface area contributed by atoms with E-state index < -0.39 is 0 Å². The minimum Gasteiger partial charge on any atom is -0.443 e. The van der Waals surface area contributed by atoms with E-state index in [0.717, 1.165) is 19.4 Å². The summed E-state index contributed by atoms with van der Waals surface area (Å²) in [7, 11) is 0. The molecule has 0 radical (unpaired) electrons. The number of esters is 1. The average Bonchev–Trinajstić information content (AvgIpc) is 2.25. The molecular formula is C9H15NO2. The second kappa shape index (κ2) is 2.46. The molecule has 0 N–H and O–H groups in total. The third-order valence-electron chi connectivity index (χ3n) is 2.82. The molecule has 12 heavy (non-hydrogen) atoms. The number of hydrogen-bond acceptors (Lipinski definition) is 3. The maximum atomic E-state index is 11.4. The predicted molar refractivity (Wildman–Crippen MR) is 44.5 cm³/mol. The Bertz CT molecular complexity index is 213. The van der Waals surface area contributed by atoms with Gasteiger partial charge in [-0.15, -0.1) is 0 Å². The lowest BCUT2D eigenvalue weighted by Crippen LogP contribution is -2.46. The van der Waals surface area contributed by atoms with Crippen molar-refractivity contribution in [3.8, 4) is 0 Å². The zero-order valence-corrected chi connectivity index (χ0v) is 7.67. The highest BCUT2D eigenvalue weighted by Gasteiger charge is 2.47. The number of piperidine rings is 1. The molecule has 1 atom stereocenters. The van der Waals surface area contributed by atoms with Crippen LogP contribution in [0.4, 0.5) is 0 Å². The van der Waals surface area contributed by atoms with Crippen LogP contribution in [0.1, 0.15) is 33.1 Å². The van der Waals surface area contributed by atoms with Crippen molar-refractivity contribution in [3.63, 3.8) is 0 Å². The molecule has 0 amide bonds.